The minimum Gasteiger partial charge on any atom is -0.372 e. The van der Waals surface area contributed by atoms with Gasteiger partial charge in [0.25, 0.3) is 0 Å². The number of alkyl halides is 3. The quantitative estimate of drug-likeness (QED) is 0.518. The van der Waals surface area contributed by atoms with Crippen molar-refractivity contribution in [1.29, 1.82) is 0 Å². The van der Waals surface area contributed by atoms with Crippen LogP contribution in [0.25, 0.3) is 5.57 Å². The standard InChI is InChI=1S/C20H20F3NO/c1-3-24(4-2)17-12-10-15(11-13-17)18(20(21,22)23)14-19(25)16-8-6-5-7-9-16/h5-14H,3-4H2,1-2H3/b18-14+. The van der Waals surface area contributed by atoms with Crippen LogP contribution in [0.1, 0.15) is 29.8 Å². The zero-order chi connectivity index (χ0) is 18.4. The molecule has 0 bridgehead atoms. The normalized spacial score (nSPS) is 12.1. The topological polar surface area (TPSA) is 20.3 Å². The average Bonchev–Trinajstić information content (AvgIpc) is 2.61. The third-order valence-electron chi connectivity index (χ3n) is 3.95. The summed E-state index contributed by atoms with van der Waals surface area (Å²) in [5.74, 6) is -0.666. The Hall–Kier alpha value is -2.56. The zero-order valence-corrected chi connectivity index (χ0v) is 14.2. The van der Waals surface area contributed by atoms with E-state index < -0.39 is 17.5 Å². The van der Waals surface area contributed by atoms with Gasteiger partial charge in [-0.2, -0.15) is 13.2 Å². The predicted octanol–water partition coefficient (Wildman–Crippen LogP) is 5.36. The fourth-order valence-corrected chi connectivity index (χ4v) is 2.59. The first-order valence-corrected chi connectivity index (χ1v) is 8.10. The summed E-state index contributed by atoms with van der Waals surface area (Å²) in [6.45, 7) is 5.50. The molecule has 0 aliphatic rings. The summed E-state index contributed by atoms with van der Waals surface area (Å²) < 4.78 is 40.3. The number of hydrogen-bond donors (Lipinski definition) is 0. The fourth-order valence-electron chi connectivity index (χ4n) is 2.59. The Kier molecular flexibility index (Phi) is 6.02. The van der Waals surface area contributed by atoms with E-state index in [1.165, 1.54) is 24.3 Å². The van der Waals surface area contributed by atoms with E-state index in [0.29, 0.717) is 6.08 Å². The number of anilines is 1. The highest BCUT2D eigenvalue weighted by molar-refractivity contribution is 6.09. The molecule has 25 heavy (non-hydrogen) atoms. The molecule has 2 aromatic carbocycles. The highest BCUT2D eigenvalue weighted by Gasteiger charge is 2.35. The van der Waals surface area contributed by atoms with Crippen molar-refractivity contribution in [3.05, 3.63) is 71.8 Å². The first kappa shape index (κ1) is 18.8. The summed E-state index contributed by atoms with van der Waals surface area (Å²) in [4.78, 5) is 14.2. The van der Waals surface area contributed by atoms with E-state index in [2.05, 4.69) is 0 Å². The van der Waals surface area contributed by atoms with E-state index in [1.807, 2.05) is 18.7 Å². The molecule has 0 atom stereocenters. The lowest BCUT2D eigenvalue weighted by Crippen LogP contribution is -2.21. The summed E-state index contributed by atoms with van der Waals surface area (Å²) in [5.41, 5.74) is 0.119. The lowest BCUT2D eigenvalue weighted by Gasteiger charge is -2.21. The van der Waals surface area contributed by atoms with Gasteiger partial charge < -0.3 is 4.90 Å². The van der Waals surface area contributed by atoms with Crippen LogP contribution in [-0.4, -0.2) is 25.0 Å². The molecule has 5 heteroatoms. The van der Waals surface area contributed by atoms with Crippen molar-refractivity contribution in [3.8, 4) is 0 Å². The maximum atomic E-state index is 13.4. The Morgan fingerprint density at radius 2 is 1.48 bits per heavy atom. The van der Waals surface area contributed by atoms with Gasteiger partial charge in [-0.05, 0) is 37.6 Å². The molecule has 0 N–H and O–H groups in total. The average molecular weight is 347 g/mol. The lowest BCUT2D eigenvalue weighted by atomic mass is 10.0. The van der Waals surface area contributed by atoms with Crippen molar-refractivity contribution in [2.75, 3.05) is 18.0 Å². The van der Waals surface area contributed by atoms with Crippen molar-refractivity contribution in [3.63, 3.8) is 0 Å². The molecule has 0 aliphatic carbocycles. The van der Waals surface area contributed by atoms with Crippen LogP contribution in [-0.2, 0) is 0 Å². The number of hydrogen-bond acceptors (Lipinski definition) is 2. The predicted molar refractivity (Wildman–Crippen MR) is 94.8 cm³/mol. The molecule has 0 heterocycles. The maximum Gasteiger partial charge on any atom is 0.417 e. The summed E-state index contributed by atoms with van der Waals surface area (Å²) in [6.07, 6.45) is -3.94. The third-order valence-corrected chi connectivity index (χ3v) is 3.95. The molecule has 0 saturated carbocycles. The van der Waals surface area contributed by atoms with E-state index in [4.69, 9.17) is 0 Å². The summed E-state index contributed by atoms with van der Waals surface area (Å²) >= 11 is 0. The third kappa shape index (κ3) is 4.72. The Morgan fingerprint density at radius 1 is 0.920 bits per heavy atom. The van der Waals surface area contributed by atoms with E-state index in [1.54, 1.807) is 30.3 Å². The van der Waals surface area contributed by atoms with Crippen LogP contribution in [0, 0.1) is 0 Å². The number of rotatable bonds is 6. The van der Waals surface area contributed by atoms with Crippen molar-refractivity contribution in [1.82, 2.24) is 0 Å². The van der Waals surface area contributed by atoms with Crippen LogP contribution in [0.4, 0.5) is 18.9 Å². The highest BCUT2D eigenvalue weighted by atomic mass is 19.4. The molecule has 0 aliphatic heterocycles. The molecule has 2 rings (SSSR count). The second kappa shape index (κ2) is 8.01. The molecule has 0 aromatic heterocycles. The Bertz CT molecular complexity index is 730. The van der Waals surface area contributed by atoms with Gasteiger partial charge in [0, 0.05) is 24.3 Å². The van der Waals surface area contributed by atoms with Gasteiger partial charge in [-0.25, -0.2) is 0 Å². The molecular weight excluding hydrogens is 327 g/mol. The van der Waals surface area contributed by atoms with Crippen LogP contribution in [0.3, 0.4) is 0 Å². The second-order valence-electron chi connectivity index (χ2n) is 5.51. The van der Waals surface area contributed by atoms with Crippen molar-refractivity contribution >= 4 is 17.0 Å². The van der Waals surface area contributed by atoms with Crippen LogP contribution < -0.4 is 4.90 Å². The number of carbonyl (C=O) groups excluding carboxylic acids is 1. The number of benzene rings is 2. The SMILES string of the molecule is CCN(CC)c1ccc(/C(=C\C(=O)c2ccccc2)C(F)(F)F)cc1. The minimum atomic E-state index is -4.61. The molecule has 0 unspecified atom stereocenters. The zero-order valence-electron chi connectivity index (χ0n) is 14.2. The number of halogens is 3. The van der Waals surface area contributed by atoms with Gasteiger partial charge in [-0.15, -0.1) is 0 Å². The number of carbonyl (C=O) groups is 1. The van der Waals surface area contributed by atoms with E-state index >= 15 is 0 Å². The highest BCUT2D eigenvalue weighted by Crippen LogP contribution is 2.35. The second-order valence-corrected chi connectivity index (χ2v) is 5.51. The largest absolute Gasteiger partial charge is 0.417 e. The van der Waals surface area contributed by atoms with Crippen molar-refractivity contribution < 1.29 is 18.0 Å². The molecule has 0 fully saturated rings. The van der Waals surface area contributed by atoms with Gasteiger partial charge in [0.05, 0.1) is 5.57 Å². The molecule has 0 spiro atoms. The lowest BCUT2D eigenvalue weighted by molar-refractivity contribution is -0.0689. The molecule has 132 valence electrons. The van der Waals surface area contributed by atoms with Gasteiger partial charge in [-0.3, -0.25) is 4.79 Å². The maximum absolute atomic E-state index is 13.4. The number of ketones is 1. The minimum absolute atomic E-state index is 0.0207. The number of allylic oxidation sites excluding steroid dienone is 2. The molecule has 0 saturated heterocycles. The Labute approximate surface area is 145 Å². The van der Waals surface area contributed by atoms with Gasteiger partial charge in [-0.1, -0.05) is 42.5 Å². The molecule has 2 nitrogen and oxygen atoms in total. The van der Waals surface area contributed by atoms with E-state index in [9.17, 15) is 18.0 Å². The van der Waals surface area contributed by atoms with Crippen molar-refractivity contribution in [2.45, 2.75) is 20.0 Å². The molecule has 0 amide bonds. The molecule has 0 radical (unpaired) electrons. The van der Waals surface area contributed by atoms with Gasteiger partial charge in [0.2, 0.25) is 0 Å². The molecule has 2 aromatic rings. The van der Waals surface area contributed by atoms with Crippen LogP contribution >= 0.6 is 0 Å². The summed E-state index contributed by atoms with van der Waals surface area (Å²) in [7, 11) is 0. The first-order valence-electron chi connectivity index (χ1n) is 8.10. The van der Waals surface area contributed by atoms with Crippen molar-refractivity contribution in [2.24, 2.45) is 0 Å². The van der Waals surface area contributed by atoms with Crippen LogP contribution in [0.2, 0.25) is 0 Å². The van der Waals surface area contributed by atoms with Gasteiger partial charge >= 0.3 is 6.18 Å². The Morgan fingerprint density at radius 3 is 1.96 bits per heavy atom. The van der Waals surface area contributed by atoms with Crippen LogP contribution in [0.15, 0.2) is 60.7 Å². The summed E-state index contributed by atoms with van der Waals surface area (Å²) in [5, 5.41) is 0. The first-order chi connectivity index (χ1) is 11.9. The van der Waals surface area contributed by atoms with Crippen LogP contribution in [0.5, 0.6) is 0 Å². The summed E-state index contributed by atoms with van der Waals surface area (Å²) in [6, 6.07) is 14.0. The molecular formula is C20H20F3NO. The van der Waals surface area contributed by atoms with E-state index in [0.717, 1.165) is 18.8 Å². The monoisotopic (exact) mass is 347 g/mol. The number of nitrogens with zero attached hydrogens (tertiary/aromatic N) is 1. The Balaban J connectivity index is 2.38. The smallest absolute Gasteiger partial charge is 0.372 e. The van der Waals surface area contributed by atoms with Gasteiger partial charge in [0.15, 0.2) is 5.78 Å². The fraction of sp³-hybridized carbons (Fsp3) is 0.250. The van der Waals surface area contributed by atoms with E-state index in [-0.39, 0.29) is 11.1 Å². The van der Waals surface area contributed by atoms with Gasteiger partial charge in [0.1, 0.15) is 0 Å².